The number of ether oxygens (including phenoxy) is 1. The zero-order chi connectivity index (χ0) is 6.41. The van der Waals surface area contributed by atoms with E-state index in [2.05, 4.69) is 23.5 Å². The van der Waals surface area contributed by atoms with Crippen molar-refractivity contribution in [3.8, 4) is 0 Å². The second-order valence-corrected chi connectivity index (χ2v) is 1.27. The lowest BCUT2D eigenvalue weighted by atomic mass is 10.7. The van der Waals surface area contributed by atoms with Gasteiger partial charge in [-0.15, -0.1) is 0 Å². The second kappa shape index (κ2) is 4.46. The molecule has 0 spiro atoms. The molecule has 0 N–H and O–H groups in total. The van der Waals surface area contributed by atoms with Crippen LogP contribution in [-0.4, -0.2) is 17.9 Å². The summed E-state index contributed by atoms with van der Waals surface area (Å²) in [4.78, 5) is 10.1. The average Bonchev–Trinajstić information content (AvgIpc) is 1.83. The van der Waals surface area contributed by atoms with Crippen molar-refractivity contribution >= 4 is 23.6 Å². The van der Waals surface area contributed by atoms with Gasteiger partial charge in [0.2, 0.25) is 0 Å². The molecule has 0 aliphatic carbocycles. The molecule has 0 saturated heterocycles. The van der Waals surface area contributed by atoms with Gasteiger partial charge in [0, 0.05) is 0 Å². The number of thiocarbonyl (C=S) groups is 1. The van der Waals surface area contributed by atoms with E-state index in [4.69, 9.17) is 0 Å². The van der Waals surface area contributed by atoms with Crippen LogP contribution in [0.25, 0.3) is 0 Å². The van der Waals surface area contributed by atoms with E-state index in [0.29, 0.717) is 0 Å². The normalized spacial score (nSPS) is 7.50. The quantitative estimate of drug-likeness (QED) is 0.320. The van der Waals surface area contributed by atoms with Gasteiger partial charge in [0.1, 0.15) is 6.61 Å². The fraction of sp³-hybridized carbons (Fsp3) is 0.200. The minimum Gasteiger partial charge on any atom is -0.458 e. The van der Waals surface area contributed by atoms with Crippen LogP contribution in [0.1, 0.15) is 0 Å². The highest BCUT2D eigenvalue weighted by Gasteiger charge is 1.89. The summed E-state index contributed by atoms with van der Waals surface area (Å²) in [5.74, 6) is -0.486. The first kappa shape index (κ1) is 7.30. The molecule has 0 atom stereocenters. The number of rotatable bonds is 3. The Labute approximate surface area is 53.1 Å². The van der Waals surface area contributed by atoms with Crippen molar-refractivity contribution in [2.75, 3.05) is 6.61 Å². The fourth-order valence-electron chi connectivity index (χ4n) is 0.175. The molecule has 8 heavy (non-hydrogen) atoms. The van der Waals surface area contributed by atoms with Gasteiger partial charge in [-0.05, 0) is 0 Å². The van der Waals surface area contributed by atoms with E-state index >= 15 is 0 Å². The van der Waals surface area contributed by atoms with Crippen molar-refractivity contribution in [2.45, 2.75) is 0 Å². The Morgan fingerprint density at radius 3 is 2.88 bits per heavy atom. The SMILES string of the molecule is C=CCOC(=O)C=S. The van der Waals surface area contributed by atoms with Crippen LogP contribution in [-0.2, 0) is 9.53 Å². The van der Waals surface area contributed by atoms with Crippen LogP contribution >= 0.6 is 12.2 Å². The molecule has 2 nitrogen and oxygen atoms in total. The lowest BCUT2D eigenvalue weighted by Gasteiger charge is -1.91. The van der Waals surface area contributed by atoms with E-state index in [1.807, 2.05) is 0 Å². The molecule has 0 aliphatic rings. The van der Waals surface area contributed by atoms with Crippen LogP contribution in [0, 0.1) is 0 Å². The first-order valence-electron chi connectivity index (χ1n) is 2.04. The Hall–Kier alpha value is -0.700. The average molecular weight is 130 g/mol. The smallest absolute Gasteiger partial charge is 0.342 e. The molecule has 0 amide bonds. The van der Waals surface area contributed by atoms with E-state index < -0.39 is 5.97 Å². The van der Waals surface area contributed by atoms with Gasteiger partial charge in [0.05, 0.1) is 5.37 Å². The highest BCUT2D eigenvalue weighted by molar-refractivity contribution is 7.80. The largest absolute Gasteiger partial charge is 0.458 e. The maximum absolute atomic E-state index is 10.1. The van der Waals surface area contributed by atoms with Gasteiger partial charge >= 0.3 is 5.97 Å². The number of esters is 1. The van der Waals surface area contributed by atoms with Gasteiger partial charge < -0.3 is 4.74 Å². The third kappa shape index (κ3) is 3.49. The third-order valence-corrected chi connectivity index (χ3v) is 0.632. The van der Waals surface area contributed by atoms with Gasteiger partial charge in [-0.3, -0.25) is 0 Å². The van der Waals surface area contributed by atoms with Crippen LogP contribution in [0.3, 0.4) is 0 Å². The van der Waals surface area contributed by atoms with Gasteiger partial charge in [-0.2, -0.15) is 0 Å². The summed E-state index contributed by atoms with van der Waals surface area (Å²) in [5, 5.41) is 0.948. The molecule has 0 fully saturated rings. The predicted octanol–water partition coefficient (Wildman–Crippen LogP) is 0.715. The Balaban J connectivity index is 3.24. The molecule has 0 heterocycles. The molecule has 0 aromatic rings. The summed E-state index contributed by atoms with van der Waals surface area (Å²) in [6.07, 6.45) is 1.48. The molecule has 0 unspecified atom stereocenters. The van der Waals surface area contributed by atoms with Crippen molar-refractivity contribution in [1.29, 1.82) is 0 Å². The van der Waals surface area contributed by atoms with Crippen molar-refractivity contribution in [3.63, 3.8) is 0 Å². The van der Waals surface area contributed by atoms with E-state index in [-0.39, 0.29) is 6.61 Å². The summed E-state index contributed by atoms with van der Waals surface area (Å²) in [7, 11) is 0. The van der Waals surface area contributed by atoms with Crippen LogP contribution < -0.4 is 0 Å². The molecular weight excluding hydrogens is 124 g/mol. The molecule has 0 radical (unpaired) electrons. The molecule has 0 saturated carbocycles. The molecule has 0 bridgehead atoms. The standard InChI is InChI=1S/C5H6O2S/c1-2-3-7-5(6)4-8/h2,4H,1,3H2. The zero-order valence-corrected chi connectivity index (χ0v) is 5.11. The van der Waals surface area contributed by atoms with Crippen LogP contribution in [0.2, 0.25) is 0 Å². The fourth-order valence-corrected chi connectivity index (χ4v) is 0.243. The van der Waals surface area contributed by atoms with Crippen molar-refractivity contribution in [3.05, 3.63) is 12.7 Å². The monoisotopic (exact) mass is 130 g/mol. The van der Waals surface area contributed by atoms with Gasteiger partial charge in [-0.1, -0.05) is 24.9 Å². The summed E-state index contributed by atoms with van der Waals surface area (Å²) < 4.78 is 4.42. The minimum atomic E-state index is -0.486. The molecule has 3 heteroatoms. The van der Waals surface area contributed by atoms with Crippen molar-refractivity contribution in [2.24, 2.45) is 0 Å². The summed E-state index contributed by atoms with van der Waals surface area (Å²) in [6.45, 7) is 3.57. The van der Waals surface area contributed by atoms with Crippen LogP contribution in [0.5, 0.6) is 0 Å². The molecule has 0 aromatic heterocycles. The van der Waals surface area contributed by atoms with Crippen molar-refractivity contribution in [1.82, 2.24) is 0 Å². The lowest BCUT2D eigenvalue weighted by Crippen LogP contribution is -2.02. The number of carbonyl (C=O) groups is 1. The van der Waals surface area contributed by atoms with E-state index in [0.717, 1.165) is 5.37 Å². The third-order valence-electron chi connectivity index (χ3n) is 0.440. The molecule has 0 aromatic carbocycles. The minimum absolute atomic E-state index is 0.228. The Bertz CT molecular complexity index is 109. The maximum atomic E-state index is 10.1. The molecule has 0 aliphatic heterocycles. The van der Waals surface area contributed by atoms with E-state index in [1.54, 1.807) is 0 Å². The summed E-state index contributed by atoms with van der Waals surface area (Å²) >= 11 is 4.25. The van der Waals surface area contributed by atoms with E-state index in [1.165, 1.54) is 6.08 Å². The van der Waals surface area contributed by atoms with E-state index in [9.17, 15) is 4.79 Å². The molecular formula is C5H6O2S. The zero-order valence-electron chi connectivity index (χ0n) is 4.29. The van der Waals surface area contributed by atoms with Crippen LogP contribution in [0.4, 0.5) is 0 Å². The van der Waals surface area contributed by atoms with Crippen LogP contribution in [0.15, 0.2) is 12.7 Å². The highest BCUT2D eigenvalue weighted by atomic mass is 32.1. The van der Waals surface area contributed by atoms with Gasteiger partial charge in [-0.25, -0.2) is 4.79 Å². The maximum Gasteiger partial charge on any atom is 0.342 e. The van der Waals surface area contributed by atoms with Gasteiger partial charge in [0.25, 0.3) is 0 Å². The second-order valence-electron chi connectivity index (χ2n) is 1.04. The lowest BCUT2D eigenvalue weighted by molar-refractivity contribution is -0.133. The summed E-state index contributed by atoms with van der Waals surface area (Å²) in [6, 6.07) is 0. The van der Waals surface area contributed by atoms with Gasteiger partial charge in [0.15, 0.2) is 0 Å². The molecule has 0 rings (SSSR count). The first-order chi connectivity index (χ1) is 3.81. The Morgan fingerprint density at radius 2 is 2.50 bits per heavy atom. The summed E-state index contributed by atoms with van der Waals surface area (Å²) in [5.41, 5.74) is 0. The Morgan fingerprint density at radius 1 is 1.88 bits per heavy atom. The molecule has 44 valence electrons. The number of hydrogen-bond acceptors (Lipinski definition) is 3. The number of carbonyl (C=O) groups excluding carboxylic acids is 1. The number of hydrogen-bond donors (Lipinski definition) is 0. The highest BCUT2D eigenvalue weighted by Crippen LogP contribution is 1.73. The Kier molecular flexibility index (Phi) is 4.07. The topological polar surface area (TPSA) is 26.3 Å². The van der Waals surface area contributed by atoms with Crippen molar-refractivity contribution < 1.29 is 9.53 Å². The first-order valence-corrected chi connectivity index (χ1v) is 2.51. The predicted molar refractivity (Wildman–Crippen MR) is 34.8 cm³/mol.